The molecule has 2 aromatic rings. The first-order valence-corrected chi connectivity index (χ1v) is 9.67. The van der Waals surface area contributed by atoms with Crippen molar-refractivity contribution < 1.29 is 23.0 Å². The summed E-state index contributed by atoms with van der Waals surface area (Å²) >= 11 is 0. The van der Waals surface area contributed by atoms with Gasteiger partial charge < -0.3 is 14.2 Å². The predicted molar refractivity (Wildman–Crippen MR) is 105 cm³/mol. The Morgan fingerprint density at radius 2 is 1.89 bits per heavy atom. The summed E-state index contributed by atoms with van der Waals surface area (Å²) in [7, 11) is 0. The van der Waals surface area contributed by atoms with Gasteiger partial charge in [-0.15, -0.1) is 0 Å². The highest BCUT2D eigenvalue weighted by Gasteiger charge is 2.27. The molecule has 5 heteroatoms. The van der Waals surface area contributed by atoms with Gasteiger partial charge in [-0.2, -0.15) is 4.39 Å². The minimum atomic E-state index is -0.924. The number of hydrogen-bond donors (Lipinski definition) is 0. The molecule has 0 saturated carbocycles. The van der Waals surface area contributed by atoms with Crippen LogP contribution < -0.4 is 4.74 Å². The van der Waals surface area contributed by atoms with Crippen molar-refractivity contribution in [3.63, 3.8) is 0 Å². The Kier molecular flexibility index (Phi) is 7.18. The Morgan fingerprint density at radius 3 is 2.54 bits per heavy atom. The lowest BCUT2D eigenvalue weighted by molar-refractivity contribution is -0.173. The zero-order chi connectivity index (χ0) is 19.9. The predicted octanol–water partition coefficient (Wildman–Crippen LogP) is 5.83. The number of hydrogen-bond acceptors (Lipinski definition) is 3. The Morgan fingerprint density at radius 1 is 1.11 bits per heavy atom. The fourth-order valence-corrected chi connectivity index (χ4v) is 3.23. The number of benzene rings is 2. The molecule has 3 rings (SSSR count). The van der Waals surface area contributed by atoms with Crippen LogP contribution in [-0.2, 0) is 16.1 Å². The van der Waals surface area contributed by atoms with Crippen molar-refractivity contribution in [1.82, 2.24) is 0 Å². The van der Waals surface area contributed by atoms with Crippen LogP contribution in [-0.4, -0.2) is 19.5 Å². The van der Waals surface area contributed by atoms with Crippen LogP contribution >= 0.6 is 0 Å². The molecule has 1 saturated heterocycles. The number of halogens is 2. The number of ether oxygens (including phenoxy) is 3. The number of rotatable bonds is 8. The Balaban J connectivity index is 1.53. The van der Waals surface area contributed by atoms with E-state index in [4.69, 9.17) is 14.2 Å². The second kappa shape index (κ2) is 9.80. The van der Waals surface area contributed by atoms with E-state index < -0.39 is 11.6 Å². The van der Waals surface area contributed by atoms with Crippen molar-refractivity contribution in [3.8, 4) is 5.75 Å². The Labute approximate surface area is 164 Å². The maximum atomic E-state index is 14.5. The first-order valence-electron chi connectivity index (χ1n) is 9.67. The smallest absolute Gasteiger partial charge is 0.200 e. The van der Waals surface area contributed by atoms with Gasteiger partial charge in [0.15, 0.2) is 17.9 Å². The molecule has 28 heavy (non-hydrogen) atoms. The molecule has 1 aliphatic rings. The average Bonchev–Trinajstić information content (AvgIpc) is 2.74. The summed E-state index contributed by atoms with van der Waals surface area (Å²) in [6.45, 7) is 6.75. The van der Waals surface area contributed by atoms with E-state index in [9.17, 15) is 8.78 Å². The summed E-state index contributed by atoms with van der Waals surface area (Å²) in [5.41, 5.74) is 2.44. The molecular formula is C23H26F2O3. The molecule has 0 bridgehead atoms. The van der Waals surface area contributed by atoms with E-state index in [1.807, 2.05) is 31.2 Å². The van der Waals surface area contributed by atoms with Crippen LogP contribution in [0.3, 0.4) is 0 Å². The monoisotopic (exact) mass is 388 g/mol. The van der Waals surface area contributed by atoms with E-state index in [0.29, 0.717) is 38.2 Å². The van der Waals surface area contributed by atoms with Gasteiger partial charge in [0.1, 0.15) is 0 Å². The molecule has 0 radical (unpaired) electrons. The molecule has 0 N–H and O–H groups in total. The summed E-state index contributed by atoms with van der Waals surface area (Å²) in [5.74, 6) is -2.00. The largest absolute Gasteiger partial charge is 0.490 e. The van der Waals surface area contributed by atoms with Crippen molar-refractivity contribution in [1.29, 1.82) is 0 Å². The van der Waals surface area contributed by atoms with Gasteiger partial charge in [0.2, 0.25) is 5.82 Å². The second-order valence-corrected chi connectivity index (χ2v) is 6.92. The molecule has 0 amide bonds. The normalized spacial score (nSPS) is 19.4. The third kappa shape index (κ3) is 4.97. The van der Waals surface area contributed by atoms with Crippen molar-refractivity contribution in [2.75, 3.05) is 13.2 Å². The van der Waals surface area contributed by atoms with Crippen LogP contribution in [0.1, 0.15) is 48.8 Å². The van der Waals surface area contributed by atoms with Crippen molar-refractivity contribution in [2.24, 2.45) is 0 Å². The second-order valence-electron chi connectivity index (χ2n) is 6.92. The maximum Gasteiger partial charge on any atom is 0.200 e. The average molecular weight is 388 g/mol. The Hall–Kier alpha value is -2.24. The molecule has 0 aromatic heterocycles. The van der Waals surface area contributed by atoms with Gasteiger partial charge in [-0.25, -0.2) is 4.39 Å². The zero-order valence-electron chi connectivity index (χ0n) is 16.1. The molecule has 0 spiro atoms. The lowest BCUT2D eigenvalue weighted by Gasteiger charge is -2.29. The van der Waals surface area contributed by atoms with Crippen LogP contribution in [0.25, 0.3) is 6.08 Å². The fraction of sp³-hybridized carbons (Fsp3) is 0.391. The standard InChI is InChI=1S/C23H26F2O3/c1-3-13-26-20-11-10-19(22(24)23(20)25)18-9-12-21(28-15-18)27-14-17-7-5-16(4-2)6-8-17/h4-8,10-11,18,21H,2-3,9,12-15H2,1H3. The maximum absolute atomic E-state index is 14.5. The van der Waals surface area contributed by atoms with Gasteiger partial charge in [-0.3, -0.25) is 0 Å². The van der Waals surface area contributed by atoms with Gasteiger partial charge >= 0.3 is 0 Å². The van der Waals surface area contributed by atoms with Crippen molar-refractivity contribution in [3.05, 3.63) is 71.3 Å². The minimum absolute atomic E-state index is 0.0384. The molecule has 0 aliphatic carbocycles. The zero-order valence-corrected chi connectivity index (χ0v) is 16.1. The molecule has 2 atom stereocenters. The lowest BCUT2D eigenvalue weighted by Crippen LogP contribution is -2.27. The summed E-state index contributed by atoms with van der Waals surface area (Å²) in [6.07, 6.45) is 3.49. The Bertz CT molecular complexity index is 781. The summed E-state index contributed by atoms with van der Waals surface area (Å²) in [4.78, 5) is 0. The van der Waals surface area contributed by atoms with Gasteiger partial charge in [-0.05, 0) is 42.0 Å². The lowest BCUT2D eigenvalue weighted by atomic mass is 9.92. The molecule has 2 aromatic carbocycles. The highest BCUT2D eigenvalue weighted by Crippen LogP contribution is 2.33. The summed E-state index contributed by atoms with van der Waals surface area (Å²) in [6, 6.07) is 11.0. The van der Waals surface area contributed by atoms with E-state index in [1.54, 1.807) is 12.1 Å². The molecule has 1 heterocycles. The van der Waals surface area contributed by atoms with Crippen LogP contribution in [0, 0.1) is 11.6 Å². The van der Waals surface area contributed by atoms with E-state index in [1.165, 1.54) is 6.07 Å². The van der Waals surface area contributed by atoms with Crippen LogP contribution in [0.5, 0.6) is 5.75 Å². The first kappa shape index (κ1) is 20.5. The minimum Gasteiger partial charge on any atom is -0.490 e. The molecule has 1 fully saturated rings. The van der Waals surface area contributed by atoms with Crippen molar-refractivity contribution >= 4 is 6.08 Å². The van der Waals surface area contributed by atoms with Crippen LogP contribution in [0.15, 0.2) is 43.0 Å². The third-order valence-electron chi connectivity index (χ3n) is 4.86. The highest BCUT2D eigenvalue weighted by molar-refractivity contribution is 5.47. The van der Waals surface area contributed by atoms with E-state index >= 15 is 0 Å². The molecule has 2 unspecified atom stereocenters. The quantitative estimate of drug-likeness (QED) is 0.569. The van der Waals surface area contributed by atoms with Gasteiger partial charge in [0, 0.05) is 5.92 Å². The van der Waals surface area contributed by atoms with Gasteiger partial charge in [0.25, 0.3) is 0 Å². The van der Waals surface area contributed by atoms with E-state index in [2.05, 4.69) is 6.58 Å². The van der Waals surface area contributed by atoms with E-state index in [0.717, 1.165) is 17.5 Å². The van der Waals surface area contributed by atoms with Gasteiger partial charge in [-0.1, -0.05) is 49.9 Å². The van der Waals surface area contributed by atoms with Crippen molar-refractivity contribution in [2.45, 2.75) is 45.0 Å². The summed E-state index contributed by atoms with van der Waals surface area (Å²) in [5, 5.41) is 0. The summed E-state index contributed by atoms with van der Waals surface area (Å²) < 4.78 is 45.5. The SMILES string of the molecule is C=Cc1ccc(COC2CCC(c3ccc(OCCC)c(F)c3F)CO2)cc1. The fourth-order valence-electron chi connectivity index (χ4n) is 3.23. The van der Waals surface area contributed by atoms with E-state index in [-0.39, 0.29) is 18.0 Å². The first-order chi connectivity index (χ1) is 13.6. The molecule has 3 nitrogen and oxygen atoms in total. The van der Waals surface area contributed by atoms with Crippen LogP contribution in [0.4, 0.5) is 8.78 Å². The van der Waals surface area contributed by atoms with Crippen LogP contribution in [0.2, 0.25) is 0 Å². The molecule has 1 aliphatic heterocycles. The molecule has 150 valence electrons. The third-order valence-corrected chi connectivity index (χ3v) is 4.86. The van der Waals surface area contributed by atoms with Gasteiger partial charge in [0.05, 0.1) is 19.8 Å². The topological polar surface area (TPSA) is 27.7 Å². The molecular weight excluding hydrogens is 362 g/mol. The highest BCUT2D eigenvalue weighted by atomic mass is 19.2.